The van der Waals surface area contributed by atoms with Crippen LogP contribution in [0, 0.1) is 5.82 Å². The Morgan fingerprint density at radius 3 is 2.67 bits per heavy atom. The predicted octanol–water partition coefficient (Wildman–Crippen LogP) is 4.30. The average Bonchev–Trinajstić information content (AvgIpc) is 3.31. The van der Waals surface area contributed by atoms with Gasteiger partial charge in [-0.15, -0.1) is 0 Å². The van der Waals surface area contributed by atoms with E-state index in [1.807, 2.05) is 24.4 Å². The lowest BCUT2D eigenvalue weighted by Crippen LogP contribution is -2.46. The number of aromatic nitrogens is 2. The molecule has 0 spiro atoms. The van der Waals surface area contributed by atoms with Crippen molar-refractivity contribution in [1.82, 2.24) is 14.3 Å². The van der Waals surface area contributed by atoms with Crippen molar-refractivity contribution in [3.8, 4) is 0 Å². The fraction of sp³-hybridized carbons (Fsp3) is 0.250. The second-order valence-electron chi connectivity index (χ2n) is 6.80. The number of piperazine rings is 1. The Bertz CT molecular complexity index is 1110. The molecule has 0 bridgehead atoms. The molecule has 0 atom stereocenters. The molecule has 1 aliphatic rings. The van der Waals surface area contributed by atoms with Crippen LogP contribution < -0.4 is 4.90 Å². The molecule has 7 heteroatoms. The van der Waals surface area contributed by atoms with Crippen LogP contribution in [-0.2, 0) is 6.54 Å². The molecule has 27 heavy (non-hydrogen) atoms. The summed E-state index contributed by atoms with van der Waals surface area (Å²) in [5, 5.41) is 0. The summed E-state index contributed by atoms with van der Waals surface area (Å²) >= 11 is 3.35. The lowest BCUT2D eigenvalue weighted by atomic mass is 10.2. The Kier molecular flexibility index (Phi) is 4.13. The van der Waals surface area contributed by atoms with Gasteiger partial charge in [-0.2, -0.15) is 0 Å². The van der Waals surface area contributed by atoms with Crippen LogP contribution in [-0.4, -0.2) is 40.5 Å². The van der Waals surface area contributed by atoms with E-state index in [0.29, 0.717) is 5.52 Å². The zero-order valence-corrected chi connectivity index (χ0v) is 16.2. The number of anilines is 1. The van der Waals surface area contributed by atoms with E-state index in [9.17, 15) is 4.39 Å². The highest BCUT2D eigenvalue weighted by molar-refractivity contribution is 9.10. The highest BCUT2D eigenvalue weighted by atomic mass is 79.9. The van der Waals surface area contributed by atoms with E-state index < -0.39 is 0 Å². The van der Waals surface area contributed by atoms with E-state index in [-0.39, 0.29) is 5.82 Å². The summed E-state index contributed by atoms with van der Waals surface area (Å²) in [7, 11) is 0. The van der Waals surface area contributed by atoms with Crippen molar-refractivity contribution in [2.24, 2.45) is 0 Å². The molecule has 0 aliphatic carbocycles. The number of fused-ring (bicyclic) bond motifs is 3. The molecule has 1 saturated heterocycles. The van der Waals surface area contributed by atoms with Crippen molar-refractivity contribution in [2.75, 3.05) is 31.1 Å². The minimum absolute atomic E-state index is 0.262. The van der Waals surface area contributed by atoms with Gasteiger partial charge in [0.05, 0.1) is 23.1 Å². The SMILES string of the molecule is Fc1ccc2c(c1)nc(N1CCN(Cc3ccc(Br)o3)CC1)c1cccn12. The Morgan fingerprint density at radius 2 is 1.89 bits per heavy atom. The van der Waals surface area contributed by atoms with Gasteiger partial charge in [-0.05, 0) is 52.3 Å². The average molecular weight is 429 g/mol. The fourth-order valence-electron chi connectivity index (χ4n) is 3.74. The number of hydrogen-bond acceptors (Lipinski definition) is 4. The molecule has 4 heterocycles. The number of halogens is 2. The molecule has 138 valence electrons. The largest absolute Gasteiger partial charge is 0.453 e. The second kappa shape index (κ2) is 6.65. The molecular formula is C20H18BrFN4O. The van der Waals surface area contributed by atoms with Crippen molar-refractivity contribution < 1.29 is 8.81 Å². The quantitative estimate of drug-likeness (QED) is 0.487. The monoisotopic (exact) mass is 428 g/mol. The molecule has 0 saturated carbocycles. The lowest BCUT2D eigenvalue weighted by Gasteiger charge is -2.35. The number of nitrogens with zero attached hydrogens (tertiary/aromatic N) is 4. The molecule has 1 aromatic carbocycles. The first-order chi connectivity index (χ1) is 13.2. The van der Waals surface area contributed by atoms with Gasteiger partial charge >= 0.3 is 0 Å². The van der Waals surface area contributed by atoms with Gasteiger partial charge in [-0.25, -0.2) is 9.37 Å². The third kappa shape index (κ3) is 3.11. The van der Waals surface area contributed by atoms with E-state index in [1.54, 1.807) is 6.07 Å². The van der Waals surface area contributed by atoms with Gasteiger partial charge < -0.3 is 13.7 Å². The van der Waals surface area contributed by atoms with E-state index in [2.05, 4.69) is 36.2 Å². The summed E-state index contributed by atoms with van der Waals surface area (Å²) in [5.41, 5.74) is 2.65. The minimum atomic E-state index is -0.262. The van der Waals surface area contributed by atoms with Crippen LogP contribution in [0.2, 0.25) is 0 Å². The Morgan fingerprint density at radius 1 is 1.04 bits per heavy atom. The van der Waals surface area contributed by atoms with Crippen molar-refractivity contribution in [3.05, 3.63) is 64.9 Å². The molecular weight excluding hydrogens is 411 g/mol. The summed E-state index contributed by atoms with van der Waals surface area (Å²) in [4.78, 5) is 9.45. The zero-order valence-electron chi connectivity index (χ0n) is 14.6. The molecule has 1 fully saturated rings. The van der Waals surface area contributed by atoms with Crippen molar-refractivity contribution in [3.63, 3.8) is 0 Å². The first kappa shape index (κ1) is 16.8. The molecule has 5 rings (SSSR count). The zero-order chi connectivity index (χ0) is 18.4. The van der Waals surface area contributed by atoms with Crippen LogP contribution in [0.15, 0.2) is 57.7 Å². The molecule has 5 nitrogen and oxygen atoms in total. The number of furan rings is 1. The molecule has 4 aromatic rings. The third-order valence-electron chi connectivity index (χ3n) is 5.08. The summed E-state index contributed by atoms with van der Waals surface area (Å²) in [6.45, 7) is 4.39. The van der Waals surface area contributed by atoms with E-state index in [1.165, 1.54) is 12.1 Å². The van der Waals surface area contributed by atoms with Crippen LogP contribution in [0.3, 0.4) is 0 Å². The van der Waals surface area contributed by atoms with Crippen LogP contribution in [0.5, 0.6) is 0 Å². The third-order valence-corrected chi connectivity index (χ3v) is 5.51. The minimum Gasteiger partial charge on any atom is -0.453 e. The first-order valence-electron chi connectivity index (χ1n) is 8.95. The summed E-state index contributed by atoms with van der Waals surface area (Å²) in [6, 6.07) is 12.8. The molecule has 0 radical (unpaired) electrons. The van der Waals surface area contributed by atoms with Gasteiger partial charge in [-0.1, -0.05) is 0 Å². The summed E-state index contributed by atoms with van der Waals surface area (Å²) < 4.78 is 22.2. The Balaban J connectivity index is 1.41. The molecule has 0 unspecified atom stereocenters. The smallest absolute Gasteiger partial charge is 0.169 e. The van der Waals surface area contributed by atoms with Crippen molar-refractivity contribution >= 4 is 38.3 Å². The molecule has 0 amide bonds. The van der Waals surface area contributed by atoms with Gasteiger partial charge in [-0.3, -0.25) is 4.90 Å². The second-order valence-corrected chi connectivity index (χ2v) is 7.58. The maximum absolute atomic E-state index is 13.7. The normalized spacial score (nSPS) is 15.9. The Labute approximate surface area is 164 Å². The van der Waals surface area contributed by atoms with Crippen molar-refractivity contribution in [1.29, 1.82) is 0 Å². The lowest BCUT2D eigenvalue weighted by molar-refractivity contribution is 0.229. The standard InChI is InChI=1S/C20H18BrFN4O/c21-19-6-4-15(27-19)13-24-8-10-25(11-9-24)20-18-2-1-7-26(18)17-5-3-14(22)12-16(17)23-20/h1-7,12H,8-11,13H2. The van der Waals surface area contributed by atoms with Crippen LogP contribution in [0.4, 0.5) is 10.2 Å². The van der Waals surface area contributed by atoms with Crippen LogP contribution in [0.25, 0.3) is 16.6 Å². The highest BCUT2D eigenvalue weighted by Crippen LogP contribution is 2.27. The van der Waals surface area contributed by atoms with Gasteiger partial charge in [0.15, 0.2) is 10.5 Å². The van der Waals surface area contributed by atoms with Crippen LogP contribution >= 0.6 is 15.9 Å². The van der Waals surface area contributed by atoms with Gasteiger partial charge in [0.1, 0.15) is 11.6 Å². The highest BCUT2D eigenvalue weighted by Gasteiger charge is 2.21. The topological polar surface area (TPSA) is 36.9 Å². The summed E-state index contributed by atoms with van der Waals surface area (Å²) in [5.74, 6) is 1.61. The number of rotatable bonds is 3. The predicted molar refractivity (Wildman–Crippen MR) is 107 cm³/mol. The molecule has 0 N–H and O–H groups in total. The Hall–Kier alpha value is -2.38. The van der Waals surface area contributed by atoms with E-state index in [0.717, 1.165) is 60.0 Å². The molecule has 1 aliphatic heterocycles. The maximum Gasteiger partial charge on any atom is 0.169 e. The number of hydrogen-bond donors (Lipinski definition) is 0. The number of benzene rings is 1. The van der Waals surface area contributed by atoms with E-state index in [4.69, 9.17) is 9.40 Å². The maximum atomic E-state index is 13.7. The molecule has 3 aromatic heterocycles. The van der Waals surface area contributed by atoms with Gasteiger partial charge in [0.2, 0.25) is 0 Å². The first-order valence-corrected chi connectivity index (χ1v) is 9.74. The summed E-state index contributed by atoms with van der Waals surface area (Å²) in [6.07, 6.45) is 2.01. The van der Waals surface area contributed by atoms with Gasteiger partial charge in [0, 0.05) is 38.4 Å². The fourth-order valence-corrected chi connectivity index (χ4v) is 4.08. The van der Waals surface area contributed by atoms with E-state index >= 15 is 0 Å². The van der Waals surface area contributed by atoms with Crippen molar-refractivity contribution in [2.45, 2.75) is 6.54 Å². The van der Waals surface area contributed by atoms with Gasteiger partial charge in [0.25, 0.3) is 0 Å². The van der Waals surface area contributed by atoms with Crippen LogP contribution in [0.1, 0.15) is 5.76 Å².